The molecule has 0 fully saturated rings. The van der Waals surface area contributed by atoms with E-state index in [1.807, 2.05) is 30.3 Å². The summed E-state index contributed by atoms with van der Waals surface area (Å²) in [4.78, 5) is 19.1. The van der Waals surface area contributed by atoms with Gasteiger partial charge in [0.1, 0.15) is 4.38 Å². The maximum Gasteiger partial charge on any atom is 0.254 e. The van der Waals surface area contributed by atoms with E-state index in [4.69, 9.17) is 23.2 Å². The molecule has 0 N–H and O–H groups in total. The molecule has 0 saturated carbocycles. The molecule has 2 aromatic rings. The fourth-order valence-electron chi connectivity index (χ4n) is 2.59. The van der Waals surface area contributed by atoms with E-state index < -0.39 is 0 Å². The topological polar surface area (TPSA) is 32.7 Å². The Morgan fingerprint density at radius 1 is 1.23 bits per heavy atom. The number of halogens is 2. The first kappa shape index (κ1) is 19.6. The van der Waals surface area contributed by atoms with Gasteiger partial charge in [-0.15, -0.1) is 0 Å². The number of amides is 1. The predicted octanol–water partition coefficient (Wildman–Crippen LogP) is 5.60. The number of benzene rings is 2. The lowest BCUT2D eigenvalue weighted by molar-refractivity contribution is 0.0784. The molecule has 0 aliphatic carbocycles. The molecular weight excluding hydrogens is 407 g/mol. The monoisotopic (exact) mass is 424 g/mol. The first-order chi connectivity index (χ1) is 12.5. The molecule has 1 aliphatic heterocycles. The van der Waals surface area contributed by atoms with E-state index in [9.17, 15) is 4.79 Å². The number of nitrogens with zero attached hydrogens (tertiary/aromatic N) is 2. The zero-order valence-electron chi connectivity index (χ0n) is 14.2. The van der Waals surface area contributed by atoms with E-state index in [2.05, 4.69) is 4.99 Å². The van der Waals surface area contributed by atoms with Gasteiger partial charge in [-0.2, -0.15) is 0 Å². The molecule has 3 nitrogen and oxygen atoms in total. The molecule has 0 unspecified atom stereocenters. The summed E-state index contributed by atoms with van der Waals surface area (Å²) in [6.07, 6.45) is 0. The van der Waals surface area contributed by atoms with E-state index in [0.717, 1.165) is 39.1 Å². The van der Waals surface area contributed by atoms with E-state index in [1.54, 1.807) is 47.6 Å². The third-order valence-corrected chi connectivity index (χ3v) is 6.95. The predicted molar refractivity (Wildman–Crippen MR) is 115 cm³/mol. The van der Waals surface area contributed by atoms with Crippen molar-refractivity contribution >= 4 is 57.0 Å². The van der Waals surface area contributed by atoms with Crippen molar-refractivity contribution < 1.29 is 4.79 Å². The van der Waals surface area contributed by atoms with E-state index in [1.165, 1.54) is 0 Å². The first-order valence-corrected chi connectivity index (χ1v) is 10.8. The molecule has 0 radical (unpaired) electrons. The summed E-state index contributed by atoms with van der Waals surface area (Å²) >= 11 is 15.5. The summed E-state index contributed by atoms with van der Waals surface area (Å²) in [7, 11) is 1.80. The number of carbonyl (C=O) groups excluding carboxylic acids is 1. The van der Waals surface area contributed by atoms with Crippen LogP contribution < -0.4 is 0 Å². The Hall–Kier alpha value is -1.14. The molecule has 7 heteroatoms. The van der Waals surface area contributed by atoms with Crippen molar-refractivity contribution in [1.82, 2.24) is 4.90 Å². The lowest BCUT2D eigenvalue weighted by atomic mass is 10.1. The molecule has 1 amide bonds. The molecule has 0 bridgehead atoms. The standard InChI is InChI=1S/C19H18Cl2N2OS2/c1-23(11-13-6-7-16(20)17(21)10-13)18(24)15-5-3-2-4-14(15)12-26-19-22-8-9-25-19/h2-7,10H,8-9,11-12H2,1H3. The van der Waals surface area contributed by atoms with Crippen LogP contribution in [0.25, 0.3) is 0 Å². The molecule has 136 valence electrons. The normalized spacial score (nSPS) is 13.6. The van der Waals surface area contributed by atoms with Gasteiger partial charge in [0.05, 0.1) is 16.6 Å². The molecule has 1 heterocycles. The van der Waals surface area contributed by atoms with Gasteiger partial charge in [0.25, 0.3) is 5.91 Å². The second-order valence-corrected chi connectivity index (χ2v) is 8.97. The quantitative estimate of drug-likeness (QED) is 0.625. The molecular formula is C19H18Cl2N2OS2. The third-order valence-electron chi connectivity index (χ3n) is 3.91. The highest BCUT2D eigenvalue weighted by Crippen LogP contribution is 2.27. The van der Waals surface area contributed by atoms with Gasteiger partial charge in [0.2, 0.25) is 0 Å². The first-order valence-electron chi connectivity index (χ1n) is 8.12. The summed E-state index contributed by atoms with van der Waals surface area (Å²) in [5, 5.41) is 1.01. The summed E-state index contributed by atoms with van der Waals surface area (Å²) in [5.41, 5.74) is 2.70. The fourth-order valence-corrected chi connectivity index (χ4v) is 4.92. The largest absolute Gasteiger partial charge is 0.337 e. The Bertz CT molecular complexity index is 842. The van der Waals surface area contributed by atoms with Crippen LogP contribution in [-0.2, 0) is 12.3 Å². The fraction of sp³-hybridized carbons (Fsp3) is 0.263. The van der Waals surface area contributed by atoms with Gasteiger partial charge in [-0.25, -0.2) is 0 Å². The summed E-state index contributed by atoms with van der Waals surface area (Å²) in [6, 6.07) is 13.2. The van der Waals surface area contributed by atoms with Gasteiger partial charge >= 0.3 is 0 Å². The lowest BCUT2D eigenvalue weighted by Crippen LogP contribution is -2.27. The second kappa shape index (κ2) is 9.18. The Morgan fingerprint density at radius 2 is 2.04 bits per heavy atom. The minimum atomic E-state index is -0.00622. The van der Waals surface area contributed by atoms with Crippen LogP contribution in [0.4, 0.5) is 0 Å². The Morgan fingerprint density at radius 3 is 2.77 bits per heavy atom. The number of hydrogen-bond acceptors (Lipinski definition) is 4. The smallest absolute Gasteiger partial charge is 0.254 e. The molecule has 26 heavy (non-hydrogen) atoms. The molecule has 0 aromatic heterocycles. The van der Waals surface area contributed by atoms with Crippen LogP contribution in [0.15, 0.2) is 47.5 Å². The van der Waals surface area contributed by atoms with E-state index in [0.29, 0.717) is 16.6 Å². The molecule has 1 aliphatic rings. The maximum absolute atomic E-state index is 12.9. The number of carbonyl (C=O) groups is 1. The average molecular weight is 425 g/mol. The SMILES string of the molecule is CN(Cc1ccc(Cl)c(Cl)c1)C(=O)c1ccccc1CSC1=NCCS1. The van der Waals surface area contributed by atoms with E-state index >= 15 is 0 Å². The van der Waals surface area contributed by atoms with Gasteiger partial charge in [-0.3, -0.25) is 9.79 Å². The molecule has 0 saturated heterocycles. The van der Waals surface area contributed by atoms with E-state index in [-0.39, 0.29) is 5.91 Å². The Balaban J connectivity index is 1.70. The summed E-state index contributed by atoms with van der Waals surface area (Å²) < 4.78 is 1.11. The molecule has 0 atom stereocenters. The molecule has 3 rings (SSSR count). The van der Waals surface area contributed by atoms with Gasteiger partial charge in [-0.05, 0) is 29.3 Å². The minimum Gasteiger partial charge on any atom is -0.337 e. The average Bonchev–Trinajstić information content (AvgIpc) is 3.16. The van der Waals surface area contributed by atoms with Crippen LogP contribution in [0.2, 0.25) is 10.0 Å². The van der Waals surface area contributed by atoms with Crippen molar-refractivity contribution in [2.75, 3.05) is 19.3 Å². The van der Waals surface area contributed by atoms with Crippen LogP contribution in [-0.4, -0.2) is 34.5 Å². The highest BCUT2D eigenvalue weighted by molar-refractivity contribution is 8.38. The lowest BCUT2D eigenvalue weighted by Gasteiger charge is -2.19. The number of aliphatic imine (C=N–C) groups is 1. The van der Waals surface area contributed by atoms with Crippen molar-refractivity contribution in [2.24, 2.45) is 4.99 Å². The van der Waals surface area contributed by atoms with Crippen molar-refractivity contribution in [2.45, 2.75) is 12.3 Å². The second-order valence-electron chi connectivity index (χ2n) is 5.85. The summed E-state index contributed by atoms with van der Waals surface area (Å²) in [6.45, 7) is 1.36. The van der Waals surface area contributed by atoms with Crippen LogP contribution >= 0.6 is 46.7 Å². The third kappa shape index (κ3) is 4.97. The van der Waals surface area contributed by atoms with Gasteiger partial charge in [0, 0.05) is 30.7 Å². The van der Waals surface area contributed by atoms with Gasteiger partial charge in [0.15, 0.2) is 0 Å². The van der Waals surface area contributed by atoms with Crippen molar-refractivity contribution in [3.05, 3.63) is 69.2 Å². The number of rotatable bonds is 5. The van der Waals surface area contributed by atoms with Crippen LogP contribution in [0.5, 0.6) is 0 Å². The zero-order valence-corrected chi connectivity index (χ0v) is 17.4. The number of thioether (sulfide) groups is 2. The Labute approximate surface area is 172 Å². The highest BCUT2D eigenvalue weighted by atomic mass is 35.5. The van der Waals surface area contributed by atoms with Crippen LogP contribution in [0.1, 0.15) is 21.5 Å². The van der Waals surface area contributed by atoms with Crippen molar-refractivity contribution in [3.63, 3.8) is 0 Å². The zero-order chi connectivity index (χ0) is 18.5. The van der Waals surface area contributed by atoms with Gasteiger partial charge in [-0.1, -0.05) is 71.0 Å². The molecule has 0 spiro atoms. The highest BCUT2D eigenvalue weighted by Gasteiger charge is 2.17. The van der Waals surface area contributed by atoms with Crippen LogP contribution in [0.3, 0.4) is 0 Å². The Kier molecular flexibility index (Phi) is 6.92. The van der Waals surface area contributed by atoms with Gasteiger partial charge < -0.3 is 4.90 Å². The van der Waals surface area contributed by atoms with Crippen LogP contribution in [0, 0.1) is 0 Å². The van der Waals surface area contributed by atoms with Crippen molar-refractivity contribution in [1.29, 1.82) is 0 Å². The molecule has 2 aromatic carbocycles. The minimum absolute atomic E-state index is 0.00622. The number of hydrogen-bond donors (Lipinski definition) is 0. The van der Waals surface area contributed by atoms with Crippen molar-refractivity contribution in [3.8, 4) is 0 Å². The maximum atomic E-state index is 12.9. The summed E-state index contributed by atoms with van der Waals surface area (Å²) in [5.74, 6) is 1.79.